The second-order valence-electron chi connectivity index (χ2n) is 17.4. The summed E-state index contributed by atoms with van der Waals surface area (Å²) in [6.45, 7) is 7.09. The van der Waals surface area contributed by atoms with E-state index in [-0.39, 0.29) is 55.0 Å². The fourth-order valence-corrected chi connectivity index (χ4v) is 10.9. The van der Waals surface area contributed by atoms with Crippen LogP contribution in [0.1, 0.15) is 104 Å². The predicted molar refractivity (Wildman–Crippen MR) is 191 cm³/mol. The largest absolute Gasteiger partial charge is 0.456 e. The predicted octanol–water partition coefficient (Wildman–Crippen LogP) is 1.23. The van der Waals surface area contributed by atoms with Gasteiger partial charge in [-0.15, -0.1) is 0 Å². The van der Waals surface area contributed by atoms with E-state index < -0.39 is 53.9 Å². The summed E-state index contributed by atoms with van der Waals surface area (Å²) in [6, 6.07) is 0. The first-order chi connectivity index (χ1) is 24.4. The van der Waals surface area contributed by atoms with E-state index in [1.165, 1.54) is 0 Å². The van der Waals surface area contributed by atoms with Crippen LogP contribution in [-0.4, -0.2) is 101 Å². The minimum absolute atomic E-state index is 0.0502. The molecule has 12 nitrogen and oxygen atoms in total. The minimum Gasteiger partial charge on any atom is -0.456 e. The van der Waals surface area contributed by atoms with Gasteiger partial charge in [-0.25, -0.2) is 4.79 Å². The smallest absolute Gasteiger partial charge is 0.333 e. The fraction of sp³-hybridized carbons (Fsp3) is 0.897. The molecule has 16 atom stereocenters. The van der Waals surface area contributed by atoms with Crippen LogP contribution in [-0.2, 0) is 23.8 Å². The first-order valence-electron chi connectivity index (χ1n) is 20.1. The Balaban J connectivity index is 1.39. The van der Waals surface area contributed by atoms with Crippen molar-refractivity contribution < 1.29 is 44.4 Å². The molecular weight excluding hydrogens is 652 g/mol. The van der Waals surface area contributed by atoms with Crippen LogP contribution in [0.2, 0.25) is 0 Å². The van der Waals surface area contributed by atoms with Gasteiger partial charge in [0.25, 0.3) is 0 Å². The molecule has 0 bridgehead atoms. The van der Waals surface area contributed by atoms with E-state index in [2.05, 4.69) is 17.6 Å². The maximum atomic E-state index is 14.0. The van der Waals surface area contributed by atoms with Crippen LogP contribution >= 0.6 is 0 Å². The zero-order valence-electron chi connectivity index (χ0n) is 31.2. The SMILES string of the molecule is CC=C(C)C(=O)O[C@H]1CC2C(O)C3C(=O)CC(CO)OC3C([C@H](CC3CCCC(O)C3)C3CCNC(N)C3)C2O[C@@]1(C)CCC1CCC(N)[NH2+]C1. The zero-order chi connectivity index (χ0) is 36.4. The fourth-order valence-electron chi connectivity index (χ4n) is 10.9. The number of hydrogen-bond donors (Lipinski definition) is 7. The van der Waals surface area contributed by atoms with E-state index >= 15 is 0 Å². The maximum Gasteiger partial charge on any atom is 0.333 e. The Hall–Kier alpha value is -1.48. The first kappa shape index (κ1) is 39.2. The second-order valence-corrected chi connectivity index (χ2v) is 17.4. The maximum absolute atomic E-state index is 14.0. The quantitative estimate of drug-likeness (QED) is 0.126. The number of fused-ring (bicyclic) bond motifs is 2. The Morgan fingerprint density at radius 1 is 1.12 bits per heavy atom. The number of hydrogen-bond acceptors (Lipinski definition) is 11. The van der Waals surface area contributed by atoms with Gasteiger partial charge in [0.15, 0.2) is 0 Å². The van der Waals surface area contributed by atoms with Gasteiger partial charge in [-0.3, -0.25) is 10.5 Å². The third-order valence-electron chi connectivity index (χ3n) is 13.9. The molecule has 4 aliphatic heterocycles. The van der Waals surface area contributed by atoms with Crippen LogP contribution in [0.15, 0.2) is 11.6 Å². The molecule has 290 valence electrons. The third kappa shape index (κ3) is 8.75. The average Bonchev–Trinajstić information content (AvgIpc) is 3.11. The molecule has 0 aromatic carbocycles. The van der Waals surface area contributed by atoms with Crippen molar-refractivity contribution in [2.45, 2.75) is 159 Å². The third-order valence-corrected chi connectivity index (χ3v) is 13.9. The highest BCUT2D eigenvalue weighted by Crippen LogP contribution is 2.55. The Morgan fingerprint density at radius 2 is 1.92 bits per heavy atom. The molecule has 0 spiro atoms. The van der Waals surface area contributed by atoms with Crippen LogP contribution in [0, 0.1) is 41.4 Å². The van der Waals surface area contributed by atoms with Crippen molar-refractivity contribution in [2.24, 2.45) is 52.9 Å². The van der Waals surface area contributed by atoms with Crippen LogP contribution in [0.3, 0.4) is 0 Å². The summed E-state index contributed by atoms with van der Waals surface area (Å²) in [5, 5.41) is 38.8. The topological polar surface area (TPSA) is 203 Å². The Kier molecular flexibility index (Phi) is 13.0. The molecule has 4 saturated heterocycles. The number of allylic oxidation sites excluding steroid dienone is 1. The highest BCUT2D eigenvalue weighted by molar-refractivity contribution is 5.87. The van der Waals surface area contributed by atoms with Crippen molar-refractivity contribution >= 4 is 11.8 Å². The van der Waals surface area contributed by atoms with E-state index in [0.29, 0.717) is 30.3 Å². The van der Waals surface area contributed by atoms with Gasteiger partial charge in [0.2, 0.25) is 0 Å². The van der Waals surface area contributed by atoms with E-state index in [0.717, 1.165) is 77.3 Å². The number of aliphatic hydroxyl groups excluding tert-OH is 3. The summed E-state index contributed by atoms with van der Waals surface area (Å²) < 4.78 is 20.4. The van der Waals surface area contributed by atoms with Gasteiger partial charge in [-0.1, -0.05) is 18.9 Å². The number of nitrogens with two attached hydrogens (primary N) is 3. The number of carbonyl (C=O) groups is 2. The van der Waals surface area contributed by atoms with Crippen molar-refractivity contribution in [1.29, 1.82) is 0 Å². The number of carbonyl (C=O) groups excluding carboxylic acids is 2. The summed E-state index contributed by atoms with van der Waals surface area (Å²) in [5.74, 6) is -0.928. The van der Waals surface area contributed by atoms with E-state index in [4.69, 9.17) is 25.7 Å². The molecule has 0 amide bonds. The van der Waals surface area contributed by atoms with Gasteiger partial charge >= 0.3 is 5.97 Å². The van der Waals surface area contributed by atoms with Crippen molar-refractivity contribution in [1.82, 2.24) is 5.32 Å². The van der Waals surface area contributed by atoms with Gasteiger partial charge in [0.05, 0.1) is 55.8 Å². The Bertz CT molecular complexity index is 1230. The molecule has 6 fully saturated rings. The molecule has 0 aromatic rings. The number of quaternary nitrogens is 1. The highest BCUT2D eigenvalue weighted by Gasteiger charge is 2.63. The molecule has 6 aliphatic rings. The number of piperidine rings is 2. The lowest BCUT2D eigenvalue weighted by atomic mass is 9.56. The van der Waals surface area contributed by atoms with Crippen molar-refractivity contribution in [3.63, 3.8) is 0 Å². The summed E-state index contributed by atoms with van der Waals surface area (Å²) >= 11 is 0. The standard InChI is InChI=1S/C39H66N4O8/c1-4-21(2)38(48)50-30-18-28-35(47)34-29(46)17-26(20-44)49-37(34)33(36(28)51-39(30,3)12-10-22-8-9-31(40)43-19-22)27(24-11-13-42-32(41)16-24)15-23-6-5-7-25(45)14-23/h4,22-28,30-37,42-45,47H,5-20,40-41H2,1-3H3/p+1/t22?,23?,24?,25?,26?,27-,28?,30+,31?,32?,33?,34?,35?,36?,37?,39+/m1/s1. The van der Waals surface area contributed by atoms with Gasteiger partial charge in [-0.2, -0.15) is 0 Å². The first-order valence-corrected chi connectivity index (χ1v) is 20.1. The number of Topliss-reactive ketones (excluding diaryl/α,β-unsaturated/α-hetero) is 1. The molecule has 12 heteroatoms. The Labute approximate surface area is 304 Å². The summed E-state index contributed by atoms with van der Waals surface area (Å²) in [6.07, 6.45) is 8.09. The van der Waals surface area contributed by atoms with Crippen molar-refractivity contribution in [3.8, 4) is 0 Å². The molecule has 0 aromatic heterocycles. The molecular formula is C39H67N4O8+. The highest BCUT2D eigenvalue weighted by atomic mass is 16.6. The minimum atomic E-state index is -1.04. The molecule has 4 heterocycles. The van der Waals surface area contributed by atoms with Gasteiger partial charge in [-0.05, 0) is 103 Å². The summed E-state index contributed by atoms with van der Waals surface area (Å²) in [7, 11) is 0. The van der Waals surface area contributed by atoms with E-state index in [1.54, 1.807) is 13.0 Å². The average molecular weight is 720 g/mol. The molecule has 10 N–H and O–H groups in total. The lowest BCUT2D eigenvalue weighted by Crippen LogP contribution is -2.95. The van der Waals surface area contributed by atoms with Gasteiger partial charge in [0.1, 0.15) is 23.7 Å². The van der Waals surface area contributed by atoms with E-state index in [9.17, 15) is 24.9 Å². The summed E-state index contributed by atoms with van der Waals surface area (Å²) in [5.41, 5.74) is 12.4. The summed E-state index contributed by atoms with van der Waals surface area (Å²) in [4.78, 5) is 27.3. The second kappa shape index (κ2) is 16.9. The van der Waals surface area contributed by atoms with Gasteiger partial charge < -0.3 is 45.9 Å². The molecule has 0 radical (unpaired) electrons. The molecule has 51 heavy (non-hydrogen) atoms. The van der Waals surface area contributed by atoms with Crippen LogP contribution in [0.25, 0.3) is 0 Å². The number of nitrogens with one attached hydrogen (secondary N) is 1. The molecule has 13 unspecified atom stereocenters. The molecule has 2 saturated carbocycles. The monoisotopic (exact) mass is 719 g/mol. The van der Waals surface area contributed by atoms with Crippen LogP contribution in [0.4, 0.5) is 0 Å². The molecule has 6 rings (SSSR count). The van der Waals surface area contributed by atoms with Crippen molar-refractivity contribution in [2.75, 3.05) is 19.7 Å². The van der Waals surface area contributed by atoms with Crippen molar-refractivity contribution in [3.05, 3.63) is 11.6 Å². The van der Waals surface area contributed by atoms with Gasteiger partial charge in [0, 0.05) is 36.2 Å². The molecule has 2 aliphatic carbocycles. The number of aliphatic hydroxyl groups is 3. The number of ether oxygens (including phenoxy) is 3. The van der Waals surface area contributed by atoms with Crippen LogP contribution < -0.4 is 22.1 Å². The Morgan fingerprint density at radius 3 is 2.61 bits per heavy atom. The number of rotatable bonds is 10. The lowest BCUT2D eigenvalue weighted by Gasteiger charge is -2.60. The number of ketones is 1. The normalized spacial score (nSPS) is 45.7. The zero-order valence-corrected chi connectivity index (χ0v) is 31.2. The van der Waals surface area contributed by atoms with Crippen LogP contribution in [0.5, 0.6) is 0 Å². The number of esters is 1. The lowest BCUT2D eigenvalue weighted by molar-refractivity contribution is -0.703. The van der Waals surface area contributed by atoms with E-state index in [1.807, 2.05) is 6.92 Å².